The number of amides is 1. The van der Waals surface area contributed by atoms with E-state index in [1.807, 2.05) is 32.0 Å². The number of carbonyl (C=O) groups excluding carboxylic acids is 1. The third kappa shape index (κ3) is 4.24. The van der Waals surface area contributed by atoms with E-state index in [1.54, 1.807) is 0 Å². The molecule has 0 aliphatic carbocycles. The molecule has 0 bridgehead atoms. The van der Waals surface area contributed by atoms with E-state index in [0.717, 1.165) is 25.9 Å². The van der Waals surface area contributed by atoms with Crippen LogP contribution in [0.3, 0.4) is 0 Å². The van der Waals surface area contributed by atoms with Crippen molar-refractivity contribution < 1.29 is 9.53 Å². The summed E-state index contributed by atoms with van der Waals surface area (Å²) in [5.41, 5.74) is 1.26. The predicted molar refractivity (Wildman–Crippen MR) is 75.6 cm³/mol. The van der Waals surface area contributed by atoms with Gasteiger partial charge in [-0.3, -0.25) is 0 Å². The number of carbonyl (C=O) groups is 1. The second-order valence-corrected chi connectivity index (χ2v) is 5.29. The SMILES string of the molecule is CC(C)NC(=O)Oc1cccc(C2CCNCC2)c1. The van der Waals surface area contributed by atoms with Crippen LogP contribution in [0, 0.1) is 0 Å². The van der Waals surface area contributed by atoms with Crippen molar-refractivity contribution in [1.82, 2.24) is 10.6 Å². The Morgan fingerprint density at radius 2 is 2.11 bits per heavy atom. The molecule has 1 fully saturated rings. The number of hydrogen-bond donors (Lipinski definition) is 2. The highest BCUT2D eigenvalue weighted by Gasteiger charge is 2.16. The molecule has 0 unspecified atom stereocenters. The van der Waals surface area contributed by atoms with Gasteiger partial charge in [-0.05, 0) is 63.4 Å². The van der Waals surface area contributed by atoms with Gasteiger partial charge >= 0.3 is 6.09 Å². The maximum atomic E-state index is 11.6. The predicted octanol–water partition coefficient (Wildman–Crippen LogP) is 2.65. The van der Waals surface area contributed by atoms with Crippen molar-refractivity contribution in [2.45, 2.75) is 38.6 Å². The van der Waals surface area contributed by atoms with Crippen molar-refractivity contribution >= 4 is 6.09 Å². The minimum Gasteiger partial charge on any atom is -0.410 e. The Hall–Kier alpha value is -1.55. The molecular weight excluding hydrogens is 240 g/mol. The van der Waals surface area contributed by atoms with Crippen LogP contribution in [-0.2, 0) is 0 Å². The molecule has 2 N–H and O–H groups in total. The van der Waals surface area contributed by atoms with Gasteiger partial charge in [-0.15, -0.1) is 0 Å². The lowest BCUT2D eigenvalue weighted by atomic mass is 9.90. The van der Waals surface area contributed by atoms with Gasteiger partial charge in [-0.1, -0.05) is 12.1 Å². The molecule has 0 aromatic heterocycles. The minimum absolute atomic E-state index is 0.0834. The van der Waals surface area contributed by atoms with E-state index in [0.29, 0.717) is 11.7 Å². The largest absolute Gasteiger partial charge is 0.412 e. The zero-order chi connectivity index (χ0) is 13.7. The molecule has 1 aromatic carbocycles. The van der Waals surface area contributed by atoms with Crippen molar-refractivity contribution in [3.63, 3.8) is 0 Å². The van der Waals surface area contributed by atoms with E-state index < -0.39 is 6.09 Å². The zero-order valence-electron chi connectivity index (χ0n) is 11.6. The second kappa shape index (κ2) is 6.57. The Bertz CT molecular complexity index is 426. The number of hydrogen-bond acceptors (Lipinski definition) is 3. The Kier molecular flexibility index (Phi) is 4.80. The van der Waals surface area contributed by atoms with E-state index >= 15 is 0 Å². The Balaban J connectivity index is 2.00. The van der Waals surface area contributed by atoms with Crippen molar-refractivity contribution in [2.24, 2.45) is 0 Å². The van der Waals surface area contributed by atoms with Crippen LogP contribution >= 0.6 is 0 Å². The molecule has 1 amide bonds. The number of ether oxygens (including phenoxy) is 1. The van der Waals surface area contributed by atoms with Crippen molar-refractivity contribution in [1.29, 1.82) is 0 Å². The molecule has 4 heteroatoms. The topological polar surface area (TPSA) is 50.4 Å². The number of rotatable bonds is 3. The zero-order valence-corrected chi connectivity index (χ0v) is 11.6. The molecule has 0 spiro atoms. The van der Waals surface area contributed by atoms with Crippen molar-refractivity contribution in [3.05, 3.63) is 29.8 Å². The van der Waals surface area contributed by atoms with Crippen LogP contribution < -0.4 is 15.4 Å². The van der Waals surface area contributed by atoms with Gasteiger partial charge in [-0.2, -0.15) is 0 Å². The van der Waals surface area contributed by atoms with E-state index in [4.69, 9.17) is 4.74 Å². The number of benzene rings is 1. The molecule has 104 valence electrons. The second-order valence-electron chi connectivity index (χ2n) is 5.29. The summed E-state index contributed by atoms with van der Waals surface area (Å²) in [7, 11) is 0. The molecular formula is C15H22N2O2. The van der Waals surface area contributed by atoms with E-state index in [9.17, 15) is 4.79 Å². The molecule has 1 aliphatic heterocycles. The molecule has 0 atom stereocenters. The molecule has 1 aliphatic rings. The average molecular weight is 262 g/mol. The summed E-state index contributed by atoms with van der Waals surface area (Å²) in [5.74, 6) is 1.19. The normalized spacial score (nSPS) is 16.4. The lowest BCUT2D eigenvalue weighted by molar-refractivity contribution is 0.197. The highest BCUT2D eigenvalue weighted by atomic mass is 16.6. The van der Waals surface area contributed by atoms with Gasteiger partial charge in [0.15, 0.2) is 0 Å². The third-order valence-corrected chi connectivity index (χ3v) is 3.29. The lowest BCUT2D eigenvalue weighted by Crippen LogP contribution is -2.32. The molecule has 1 aromatic rings. The number of nitrogens with one attached hydrogen (secondary N) is 2. The van der Waals surface area contributed by atoms with Crippen LogP contribution in [-0.4, -0.2) is 25.2 Å². The lowest BCUT2D eigenvalue weighted by Gasteiger charge is -2.23. The van der Waals surface area contributed by atoms with Crippen LogP contribution in [0.15, 0.2) is 24.3 Å². The molecule has 1 saturated heterocycles. The van der Waals surface area contributed by atoms with Gasteiger partial charge < -0.3 is 15.4 Å². The number of piperidine rings is 1. The highest BCUT2D eigenvalue weighted by Crippen LogP contribution is 2.27. The summed E-state index contributed by atoms with van der Waals surface area (Å²) in [6.45, 7) is 5.94. The maximum Gasteiger partial charge on any atom is 0.412 e. The molecule has 0 saturated carbocycles. The monoisotopic (exact) mass is 262 g/mol. The summed E-state index contributed by atoms with van der Waals surface area (Å²) in [6, 6.07) is 7.96. The standard InChI is InChI=1S/C15H22N2O2/c1-11(2)17-15(18)19-14-5-3-4-13(10-14)12-6-8-16-9-7-12/h3-5,10-12,16H,6-9H2,1-2H3,(H,17,18). The maximum absolute atomic E-state index is 11.6. The molecule has 0 radical (unpaired) electrons. The molecule has 2 rings (SSSR count). The average Bonchev–Trinajstić information content (AvgIpc) is 2.39. The van der Waals surface area contributed by atoms with Crippen LogP contribution in [0.4, 0.5) is 4.79 Å². The van der Waals surface area contributed by atoms with Gasteiger partial charge in [-0.25, -0.2) is 4.79 Å². The van der Waals surface area contributed by atoms with Crippen molar-refractivity contribution in [3.8, 4) is 5.75 Å². The first-order valence-corrected chi connectivity index (χ1v) is 6.94. The summed E-state index contributed by atoms with van der Waals surface area (Å²) < 4.78 is 5.29. The Morgan fingerprint density at radius 3 is 2.79 bits per heavy atom. The fourth-order valence-electron chi connectivity index (χ4n) is 2.36. The van der Waals surface area contributed by atoms with Gasteiger partial charge in [0.1, 0.15) is 5.75 Å². The fourth-order valence-corrected chi connectivity index (χ4v) is 2.36. The summed E-state index contributed by atoms with van der Waals surface area (Å²) in [4.78, 5) is 11.6. The van der Waals surface area contributed by atoms with Gasteiger partial charge in [0, 0.05) is 6.04 Å². The Labute approximate surface area is 114 Å². The summed E-state index contributed by atoms with van der Waals surface area (Å²) in [5, 5.41) is 6.08. The van der Waals surface area contributed by atoms with Crippen LogP contribution in [0.5, 0.6) is 5.75 Å². The van der Waals surface area contributed by atoms with Crippen LogP contribution in [0.1, 0.15) is 38.2 Å². The molecule has 19 heavy (non-hydrogen) atoms. The van der Waals surface area contributed by atoms with E-state index in [2.05, 4.69) is 16.7 Å². The molecule has 1 heterocycles. The third-order valence-electron chi connectivity index (χ3n) is 3.29. The van der Waals surface area contributed by atoms with Crippen molar-refractivity contribution in [2.75, 3.05) is 13.1 Å². The minimum atomic E-state index is -0.391. The first kappa shape index (κ1) is 13.9. The van der Waals surface area contributed by atoms with Gasteiger partial charge in [0.25, 0.3) is 0 Å². The fraction of sp³-hybridized carbons (Fsp3) is 0.533. The smallest absolute Gasteiger partial charge is 0.410 e. The Morgan fingerprint density at radius 1 is 1.37 bits per heavy atom. The van der Waals surface area contributed by atoms with Crippen LogP contribution in [0.25, 0.3) is 0 Å². The molecule has 4 nitrogen and oxygen atoms in total. The first-order chi connectivity index (χ1) is 9.15. The van der Waals surface area contributed by atoms with Gasteiger partial charge in [0.2, 0.25) is 0 Å². The van der Waals surface area contributed by atoms with Crippen LogP contribution in [0.2, 0.25) is 0 Å². The van der Waals surface area contributed by atoms with E-state index in [-0.39, 0.29) is 6.04 Å². The first-order valence-electron chi connectivity index (χ1n) is 6.94. The summed E-state index contributed by atoms with van der Waals surface area (Å²) in [6.07, 6.45) is 1.89. The quantitative estimate of drug-likeness (QED) is 0.880. The van der Waals surface area contributed by atoms with E-state index in [1.165, 1.54) is 5.56 Å². The highest BCUT2D eigenvalue weighted by molar-refractivity contribution is 5.70. The summed E-state index contributed by atoms with van der Waals surface area (Å²) >= 11 is 0. The van der Waals surface area contributed by atoms with Gasteiger partial charge in [0.05, 0.1) is 0 Å².